The maximum absolute atomic E-state index is 14.5. The summed E-state index contributed by atoms with van der Waals surface area (Å²) in [7, 11) is 0. The molecule has 4 atom stereocenters. The van der Waals surface area contributed by atoms with Gasteiger partial charge in [-0.2, -0.15) is 0 Å². The number of Topliss-reactive ketones (excluding diaryl/α,β-unsaturated/α-hetero) is 2. The molecule has 0 bridgehead atoms. The molecule has 0 aliphatic carbocycles. The summed E-state index contributed by atoms with van der Waals surface area (Å²) in [4.78, 5) is 45.8. The third kappa shape index (κ3) is 3.12. The van der Waals surface area contributed by atoms with Crippen molar-refractivity contribution >= 4 is 62.2 Å². The molecule has 7 rings (SSSR count). The lowest BCUT2D eigenvalue weighted by Gasteiger charge is -2.37. The smallest absolute Gasteiger partial charge is 0.238 e. The summed E-state index contributed by atoms with van der Waals surface area (Å²) in [5.74, 6) is -1.57. The molecule has 0 saturated carbocycles. The summed E-state index contributed by atoms with van der Waals surface area (Å²) >= 11 is 4.79. The number of hydrogen-bond acceptors (Lipinski definition) is 5. The Morgan fingerprint density at radius 1 is 0.895 bits per heavy atom. The number of halogens is 1. The van der Waals surface area contributed by atoms with Crippen molar-refractivity contribution in [2.45, 2.75) is 17.5 Å². The summed E-state index contributed by atoms with van der Waals surface area (Å²) in [5, 5.41) is 4.91. The largest absolute Gasteiger partial charge is 0.352 e. The van der Waals surface area contributed by atoms with Crippen molar-refractivity contribution in [3.8, 4) is 0 Å². The van der Waals surface area contributed by atoms with Crippen molar-refractivity contribution in [1.82, 2.24) is 0 Å². The van der Waals surface area contributed by atoms with E-state index in [4.69, 9.17) is 0 Å². The fraction of sp³-hybridized carbons (Fsp3) is 0.129. The predicted octanol–water partition coefficient (Wildman–Crippen LogP) is 6.37. The summed E-state index contributed by atoms with van der Waals surface area (Å²) in [6.45, 7) is 0. The molecule has 3 aliphatic rings. The molecule has 0 radical (unpaired) electrons. The highest BCUT2D eigenvalue weighted by Gasteiger charge is 2.70. The highest BCUT2D eigenvalue weighted by molar-refractivity contribution is 9.10. The van der Waals surface area contributed by atoms with E-state index in [0.717, 1.165) is 21.3 Å². The van der Waals surface area contributed by atoms with Gasteiger partial charge in [0.25, 0.3) is 0 Å². The van der Waals surface area contributed by atoms with Crippen LogP contribution in [0.3, 0.4) is 0 Å². The Balaban J connectivity index is 1.54. The number of rotatable bonds is 4. The summed E-state index contributed by atoms with van der Waals surface area (Å²) in [5.41, 5.74) is 2.45. The van der Waals surface area contributed by atoms with Crippen molar-refractivity contribution in [2.24, 2.45) is 5.92 Å². The highest BCUT2D eigenvalue weighted by Crippen LogP contribution is 2.58. The van der Waals surface area contributed by atoms with Crippen molar-refractivity contribution in [2.75, 3.05) is 10.2 Å². The minimum Gasteiger partial charge on any atom is -0.352 e. The Kier molecular flexibility index (Phi) is 5.29. The number of nitrogens with zero attached hydrogens (tertiary/aromatic N) is 1. The molecule has 1 aromatic heterocycles. The second kappa shape index (κ2) is 8.61. The number of para-hydroxylation sites is 2. The summed E-state index contributed by atoms with van der Waals surface area (Å²) in [6, 6.07) is 24.8. The van der Waals surface area contributed by atoms with E-state index in [1.807, 2.05) is 89.2 Å². The predicted molar refractivity (Wildman–Crippen MR) is 153 cm³/mol. The minimum atomic E-state index is -1.28. The summed E-state index contributed by atoms with van der Waals surface area (Å²) < 4.78 is 0.858. The van der Waals surface area contributed by atoms with Crippen LogP contribution in [0, 0.1) is 5.92 Å². The van der Waals surface area contributed by atoms with E-state index in [1.54, 1.807) is 18.2 Å². The van der Waals surface area contributed by atoms with E-state index < -0.39 is 23.4 Å². The Morgan fingerprint density at radius 2 is 1.66 bits per heavy atom. The molecule has 0 unspecified atom stereocenters. The molecule has 1 amide bonds. The van der Waals surface area contributed by atoms with Crippen molar-refractivity contribution in [3.05, 3.63) is 122 Å². The van der Waals surface area contributed by atoms with E-state index in [2.05, 4.69) is 21.2 Å². The zero-order valence-corrected chi connectivity index (χ0v) is 22.4. The quantitative estimate of drug-likeness (QED) is 0.285. The molecule has 3 aliphatic heterocycles. The van der Waals surface area contributed by atoms with Crippen LogP contribution in [0.15, 0.2) is 101 Å². The fourth-order valence-corrected chi connectivity index (χ4v) is 7.45. The molecular weight excluding hydrogens is 560 g/mol. The zero-order chi connectivity index (χ0) is 26.0. The second-order valence-corrected chi connectivity index (χ2v) is 11.6. The number of benzene rings is 3. The van der Waals surface area contributed by atoms with Gasteiger partial charge in [0.15, 0.2) is 11.6 Å². The van der Waals surface area contributed by atoms with Gasteiger partial charge >= 0.3 is 0 Å². The van der Waals surface area contributed by atoms with Gasteiger partial charge in [0.2, 0.25) is 5.91 Å². The van der Waals surface area contributed by atoms with E-state index in [1.165, 1.54) is 11.3 Å². The Hall–Kier alpha value is -3.81. The molecule has 1 saturated heterocycles. The van der Waals surface area contributed by atoms with Crippen LogP contribution < -0.4 is 10.2 Å². The fourth-order valence-electron chi connectivity index (χ4n) is 6.48. The van der Waals surface area contributed by atoms with Crippen LogP contribution in [-0.2, 0) is 10.2 Å². The highest BCUT2D eigenvalue weighted by atomic mass is 79.9. The van der Waals surface area contributed by atoms with Gasteiger partial charge in [-0.1, -0.05) is 82.7 Å². The molecule has 3 aromatic carbocycles. The Bertz CT molecular complexity index is 1650. The molecule has 7 heteroatoms. The van der Waals surface area contributed by atoms with Gasteiger partial charge in [0.05, 0.1) is 16.8 Å². The van der Waals surface area contributed by atoms with Crippen molar-refractivity contribution in [3.63, 3.8) is 0 Å². The Labute approximate surface area is 231 Å². The first-order valence-corrected chi connectivity index (χ1v) is 14.0. The topological polar surface area (TPSA) is 66.5 Å². The normalized spacial score (nSPS) is 24.6. The first-order chi connectivity index (χ1) is 18.5. The average Bonchev–Trinajstić information content (AvgIpc) is 3.65. The lowest BCUT2D eigenvalue weighted by Crippen LogP contribution is -2.51. The number of anilines is 2. The van der Waals surface area contributed by atoms with E-state index in [9.17, 15) is 14.4 Å². The maximum atomic E-state index is 14.5. The van der Waals surface area contributed by atoms with Crippen LogP contribution in [0.1, 0.15) is 31.2 Å². The number of ketones is 2. The number of hydrogen-bond donors (Lipinski definition) is 1. The van der Waals surface area contributed by atoms with Gasteiger partial charge in [-0.25, -0.2) is 0 Å². The van der Waals surface area contributed by atoms with Crippen LogP contribution in [0.25, 0.3) is 6.08 Å². The van der Waals surface area contributed by atoms with Crippen LogP contribution in [-0.4, -0.2) is 29.6 Å². The lowest BCUT2D eigenvalue weighted by atomic mass is 9.64. The number of fused-ring (bicyclic) bond motifs is 6. The van der Waals surface area contributed by atoms with Gasteiger partial charge in [-0.05, 0) is 46.8 Å². The molecular formula is C31H21BrN2O3S. The number of carbonyl (C=O) groups is 3. The van der Waals surface area contributed by atoms with Gasteiger partial charge < -0.3 is 10.2 Å². The monoisotopic (exact) mass is 580 g/mol. The molecule has 4 aromatic rings. The third-order valence-electron chi connectivity index (χ3n) is 7.99. The van der Waals surface area contributed by atoms with E-state index in [0.29, 0.717) is 16.1 Å². The van der Waals surface area contributed by atoms with Gasteiger partial charge in [-0.3, -0.25) is 14.4 Å². The minimum absolute atomic E-state index is 0.184. The number of amides is 1. The van der Waals surface area contributed by atoms with E-state index in [-0.39, 0.29) is 17.5 Å². The Morgan fingerprint density at radius 3 is 2.45 bits per heavy atom. The number of nitrogens with one attached hydrogen (secondary N) is 1. The van der Waals surface area contributed by atoms with Crippen LogP contribution >= 0.6 is 27.3 Å². The lowest BCUT2D eigenvalue weighted by molar-refractivity contribution is -0.121. The third-order valence-corrected chi connectivity index (χ3v) is 9.40. The molecule has 5 nitrogen and oxygen atoms in total. The molecule has 186 valence electrons. The molecule has 1 fully saturated rings. The SMILES string of the molecule is O=C(c1ccc(Br)cc1)[C@@H]1[C@H](C(=O)c2cccs2)[C@]2(C(=O)Nc3ccccc32)[C@@H]2C=Cc3ccccc3N12. The van der Waals surface area contributed by atoms with Gasteiger partial charge in [0, 0.05) is 21.4 Å². The molecule has 1 spiro atoms. The summed E-state index contributed by atoms with van der Waals surface area (Å²) in [6.07, 6.45) is 4.00. The van der Waals surface area contributed by atoms with Crippen LogP contribution in [0.4, 0.5) is 11.4 Å². The van der Waals surface area contributed by atoms with Crippen LogP contribution in [0.2, 0.25) is 0 Å². The van der Waals surface area contributed by atoms with E-state index >= 15 is 0 Å². The first-order valence-electron chi connectivity index (χ1n) is 12.4. The second-order valence-electron chi connectivity index (χ2n) is 9.77. The van der Waals surface area contributed by atoms with Gasteiger partial charge in [-0.15, -0.1) is 11.3 Å². The van der Waals surface area contributed by atoms with Crippen LogP contribution in [0.5, 0.6) is 0 Å². The number of thiophene rings is 1. The zero-order valence-electron chi connectivity index (χ0n) is 20.0. The first kappa shape index (κ1) is 23.3. The average molecular weight is 581 g/mol. The number of carbonyl (C=O) groups excluding carboxylic acids is 3. The van der Waals surface area contributed by atoms with Gasteiger partial charge in [0.1, 0.15) is 11.5 Å². The van der Waals surface area contributed by atoms with Crippen molar-refractivity contribution in [1.29, 1.82) is 0 Å². The standard InChI is InChI=1S/C31H21BrN2O3S/c32-20-14-11-19(12-15-20)28(35)27-26(29(36)24-10-5-17-38-24)31(21-7-2-3-8-22(21)33-30(31)37)25-16-13-18-6-1-4-9-23(18)34(25)27/h1-17,25-27H,(H,33,37)/t25-,26+,27-,31+/m0/s1. The molecule has 1 N–H and O–H groups in total. The van der Waals surface area contributed by atoms with Crippen molar-refractivity contribution < 1.29 is 14.4 Å². The molecule has 38 heavy (non-hydrogen) atoms. The maximum Gasteiger partial charge on any atom is 0.238 e. The molecule has 4 heterocycles.